The summed E-state index contributed by atoms with van der Waals surface area (Å²) in [7, 11) is 0. The first kappa shape index (κ1) is 21.7. The fourth-order valence-corrected chi connectivity index (χ4v) is 3.35. The average Bonchev–Trinajstić information content (AvgIpc) is 3.19. The quantitative estimate of drug-likeness (QED) is 0.351. The van der Waals surface area contributed by atoms with Crippen LogP contribution in [0.1, 0.15) is 46.5 Å². The first-order valence-electron chi connectivity index (χ1n) is 9.24. The van der Waals surface area contributed by atoms with Crippen LogP contribution in [-0.2, 0) is 38.1 Å². The van der Waals surface area contributed by atoms with E-state index in [9.17, 15) is 19.2 Å². The molecule has 0 heterocycles. The monoisotopic (exact) mass is 394 g/mol. The molecule has 2 aliphatic carbocycles. The molecule has 0 aliphatic heterocycles. The molecule has 2 unspecified atom stereocenters. The summed E-state index contributed by atoms with van der Waals surface area (Å²) in [5.41, 5.74) is -1.10. The Bertz CT molecular complexity index is 672. The number of carbonyl (C=O) groups is 4. The van der Waals surface area contributed by atoms with E-state index >= 15 is 0 Å². The highest BCUT2D eigenvalue weighted by Gasteiger charge is 2.47. The minimum Gasteiger partial charge on any atom is -0.465 e. The molecule has 2 atom stereocenters. The first-order chi connectivity index (χ1) is 13.2. The minimum absolute atomic E-state index is 0.120. The summed E-state index contributed by atoms with van der Waals surface area (Å²) < 4.78 is 21.1. The Labute approximate surface area is 163 Å². The number of hydrogen-bond donors (Lipinski definition) is 0. The summed E-state index contributed by atoms with van der Waals surface area (Å²) in [6.07, 6.45) is 7.03. The smallest absolute Gasteiger partial charge is 0.311 e. The van der Waals surface area contributed by atoms with Gasteiger partial charge in [-0.3, -0.25) is 19.2 Å². The molecule has 0 fully saturated rings. The molecule has 0 saturated carbocycles. The minimum atomic E-state index is -1.10. The highest BCUT2D eigenvalue weighted by Crippen LogP contribution is 2.42. The van der Waals surface area contributed by atoms with Gasteiger partial charge in [0.15, 0.2) is 0 Å². The Kier molecular flexibility index (Phi) is 7.37. The van der Waals surface area contributed by atoms with E-state index in [1.165, 1.54) is 26.8 Å². The third kappa shape index (κ3) is 6.21. The van der Waals surface area contributed by atoms with Crippen LogP contribution >= 0.6 is 0 Å². The normalized spacial score (nSPS) is 22.3. The van der Waals surface area contributed by atoms with E-state index in [0.29, 0.717) is 0 Å². The second-order valence-electron chi connectivity index (χ2n) is 7.17. The standard InChI is InChI=1S/C20H26O8/c1-13(21)25-11-20(12-26-14(2)22)10-17(27-15(3)23)9-18(20)28-19(24)8-16-6-4-5-7-16/h4,6,9,16-17H,5,7-8,10-12H2,1-3H3. The second kappa shape index (κ2) is 9.52. The summed E-state index contributed by atoms with van der Waals surface area (Å²) in [6.45, 7) is 3.43. The SMILES string of the molecule is CC(=O)OCC1(COC(C)=O)CC(OC(C)=O)C=C1OC(=O)CC1C=CCC1. The van der Waals surface area contributed by atoms with Gasteiger partial charge in [0.1, 0.15) is 30.5 Å². The van der Waals surface area contributed by atoms with Crippen molar-refractivity contribution >= 4 is 23.9 Å². The fraction of sp³-hybridized carbons (Fsp3) is 0.600. The lowest BCUT2D eigenvalue weighted by Crippen LogP contribution is -2.37. The second-order valence-corrected chi connectivity index (χ2v) is 7.17. The highest BCUT2D eigenvalue weighted by molar-refractivity contribution is 5.72. The van der Waals surface area contributed by atoms with E-state index in [1.807, 2.05) is 12.2 Å². The average molecular weight is 394 g/mol. The van der Waals surface area contributed by atoms with Crippen molar-refractivity contribution in [1.29, 1.82) is 0 Å². The van der Waals surface area contributed by atoms with Gasteiger partial charge in [-0.25, -0.2) is 0 Å². The Hall–Kier alpha value is -2.64. The zero-order valence-corrected chi connectivity index (χ0v) is 16.4. The fourth-order valence-electron chi connectivity index (χ4n) is 3.35. The first-order valence-corrected chi connectivity index (χ1v) is 9.24. The zero-order valence-electron chi connectivity index (χ0n) is 16.4. The lowest BCUT2D eigenvalue weighted by molar-refractivity contribution is -0.156. The van der Waals surface area contributed by atoms with E-state index < -0.39 is 35.4 Å². The zero-order chi connectivity index (χ0) is 20.7. The molecule has 2 aliphatic rings. The van der Waals surface area contributed by atoms with Crippen LogP contribution in [0.15, 0.2) is 24.0 Å². The van der Waals surface area contributed by atoms with Gasteiger partial charge in [-0.2, -0.15) is 0 Å². The summed E-state index contributed by atoms with van der Waals surface area (Å²) in [6, 6.07) is 0. The Morgan fingerprint density at radius 1 is 1.04 bits per heavy atom. The van der Waals surface area contributed by atoms with Gasteiger partial charge in [-0.05, 0) is 24.8 Å². The van der Waals surface area contributed by atoms with E-state index in [4.69, 9.17) is 18.9 Å². The van der Waals surface area contributed by atoms with Crippen LogP contribution < -0.4 is 0 Å². The van der Waals surface area contributed by atoms with Crippen LogP contribution in [0.3, 0.4) is 0 Å². The molecule has 0 saturated heterocycles. The van der Waals surface area contributed by atoms with Crippen LogP contribution in [-0.4, -0.2) is 43.2 Å². The van der Waals surface area contributed by atoms with Crippen LogP contribution in [0.25, 0.3) is 0 Å². The predicted molar refractivity (Wildman–Crippen MR) is 96.5 cm³/mol. The molecule has 8 nitrogen and oxygen atoms in total. The molecule has 0 radical (unpaired) electrons. The lowest BCUT2D eigenvalue weighted by Gasteiger charge is -2.30. The van der Waals surface area contributed by atoms with E-state index in [1.54, 1.807) is 0 Å². The van der Waals surface area contributed by atoms with Crippen molar-refractivity contribution in [3.8, 4) is 0 Å². The van der Waals surface area contributed by atoms with E-state index in [0.717, 1.165) is 12.8 Å². The van der Waals surface area contributed by atoms with Crippen LogP contribution in [0.4, 0.5) is 0 Å². The van der Waals surface area contributed by atoms with Crippen molar-refractivity contribution in [2.75, 3.05) is 13.2 Å². The maximum absolute atomic E-state index is 12.4. The molecule has 0 bridgehead atoms. The highest BCUT2D eigenvalue weighted by atomic mass is 16.6. The molecule has 2 rings (SSSR count). The third-order valence-electron chi connectivity index (χ3n) is 4.64. The molecular weight excluding hydrogens is 368 g/mol. The molecule has 154 valence electrons. The molecule has 0 amide bonds. The van der Waals surface area contributed by atoms with Crippen LogP contribution in [0.2, 0.25) is 0 Å². The van der Waals surface area contributed by atoms with E-state index in [2.05, 4.69) is 0 Å². The molecule has 0 N–H and O–H groups in total. The molecular formula is C20H26O8. The predicted octanol–water partition coefficient (Wildman–Crippen LogP) is 2.22. The lowest BCUT2D eigenvalue weighted by atomic mass is 9.87. The number of esters is 4. The van der Waals surface area contributed by atoms with E-state index in [-0.39, 0.29) is 37.7 Å². The molecule has 8 heteroatoms. The summed E-state index contributed by atoms with van der Waals surface area (Å²) in [5.74, 6) is -1.69. The summed E-state index contributed by atoms with van der Waals surface area (Å²) >= 11 is 0. The van der Waals surface area contributed by atoms with Gasteiger partial charge in [-0.1, -0.05) is 12.2 Å². The van der Waals surface area contributed by atoms with Crippen molar-refractivity contribution in [2.45, 2.75) is 52.6 Å². The Morgan fingerprint density at radius 2 is 1.68 bits per heavy atom. The molecule has 0 spiro atoms. The van der Waals surface area contributed by atoms with Gasteiger partial charge in [-0.15, -0.1) is 0 Å². The number of ether oxygens (including phenoxy) is 4. The molecule has 0 aromatic carbocycles. The van der Waals surface area contributed by atoms with Gasteiger partial charge in [0.05, 0.1) is 6.42 Å². The van der Waals surface area contributed by atoms with Gasteiger partial charge in [0.2, 0.25) is 0 Å². The largest absolute Gasteiger partial charge is 0.465 e. The number of hydrogen-bond acceptors (Lipinski definition) is 8. The van der Waals surface area contributed by atoms with Crippen molar-refractivity contribution in [3.63, 3.8) is 0 Å². The Balaban J connectivity index is 2.20. The summed E-state index contributed by atoms with van der Waals surface area (Å²) in [4.78, 5) is 46.5. The topological polar surface area (TPSA) is 105 Å². The number of rotatable bonds is 8. The molecule has 28 heavy (non-hydrogen) atoms. The van der Waals surface area contributed by atoms with Gasteiger partial charge in [0.25, 0.3) is 0 Å². The van der Waals surface area contributed by atoms with Crippen molar-refractivity contribution in [1.82, 2.24) is 0 Å². The van der Waals surface area contributed by atoms with Crippen LogP contribution in [0, 0.1) is 11.3 Å². The number of allylic oxidation sites excluding steroid dienone is 2. The Morgan fingerprint density at radius 3 is 2.18 bits per heavy atom. The van der Waals surface area contributed by atoms with Gasteiger partial charge >= 0.3 is 23.9 Å². The van der Waals surface area contributed by atoms with Gasteiger partial charge < -0.3 is 18.9 Å². The molecule has 0 aromatic heterocycles. The van der Waals surface area contributed by atoms with Crippen molar-refractivity contribution in [2.24, 2.45) is 11.3 Å². The molecule has 0 aromatic rings. The number of carbonyl (C=O) groups excluding carboxylic acids is 4. The van der Waals surface area contributed by atoms with Crippen LogP contribution in [0.5, 0.6) is 0 Å². The third-order valence-corrected chi connectivity index (χ3v) is 4.64. The van der Waals surface area contributed by atoms with Gasteiger partial charge in [0, 0.05) is 27.2 Å². The summed E-state index contributed by atoms with van der Waals surface area (Å²) in [5, 5.41) is 0. The van der Waals surface area contributed by atoms with Crippen molar-refractivity contribution in [3.05, 3.63) is 24.0 Å². The maximum Gasteiger partial charge on any atom is 0.311 e. The maximum atomic E-state index is 12.4. The van der Waals surface area contributed by atoms with Crippen molar-refractivity contribution < 1.29 is 38.1 Å².